The summed E-state index contributed by atoms with van der Waals surface area (Å²) in [6, 6.07) is 12.0. The van der Waals surface area contributed by atoms with Gasteiger partial charge in [0.15, 0.2) is 5.82 Å². The Bertz CT molecular complexity index is 1210. The van der Waals surface area contributed by atoms with Gasteiger partial charge in [-0.2, -0.15) is 5.10 Å². The normalized spacial score (nSPS) is 13.9. The Balaban J connectivity index is 0.00000380. The van der Waals surface area contributed by atoms with Gasteiger partial charge in [-0.25, -0.2) is 4.39 Å². The Morgan fingerprint density at radius 3 is 2.54 bits per heavy atom. The van der Waals surface area contributed by atoms with Crippen LogP contribution in [0.1, 0.15) is 60.3 Å². The van der Waals surface area contributed by atoms with E-state index in [2.05, 4.69) is 29.2 Å². The van der Waals surface area contributed by atoms with Gasteiger partial charge >= 0.3 is 0 Å². The number of aromatic nitrogens is 2. The molecule has 1 fully saturated rings. The first-order valence-corrected chi connectivity index (χ1v) is 12.9. The number of anilines is 1. The van der Waals surface area contributed by atoms with Crippen LogP contribution in [0.5, 0.6) is 5.75 Å². The van der Waals surface area contributed by atoms with Gasteiger partial charge in [0.05, 0.1) is 13.2 Å². The van der Waals surface area contributed by atoms with Gasteiger partial charge < -0.3 is 10.1 Å². The zero-order chi connectivity index (χ0) is 25.7. The minimum absolute atomic E-state index is 0. The number of piperidine rings is 1. The summed E-state index contributed by atoms with van der Waals surface area (Å²) in [4.78, 5) is 15.1. The first kappa shape index (κ1) is 29.0. The minimum atomic E-state index is -0.396. The molecule has 0 aliphatic carbocycles. The number of benzene rings is 2. The third-order valence-electron chi connectivity index (χ3n) is 6.30. The Labute approximate surface area is 229 Å². The maximum Gasteiger partial charge on any atom is 0.256 e. The van der Waals surface area contributed by atoms with E-state index in [0.717, 1.165) is 42.9 Å². The maximum atomic E-state index is 14.7. The van der Waals surface area contributed by atoms with E-state index in [1.165, 1.54) is 12.5 Å². The molecule has 1 aliphatic rings. The number of halogens is 3. The van der Waals surface area contributed by atoms with Crippen molar-refractivity contribution in [2.45, 2.75) is 53.1 Å². The molecule has 37 heavy (non-hydrogen) atoms. The Kier molecular flexibility index (Phi) is 10.4. The maximum absolute atomic E-state index is 14.7. The number of carbonyl (C=O) groups excluding carboxylic acids is 1. The predicted octanol–water partition coefficient (Wildman–Crippen LogP) is 6.73. The summed E-state index contributed by atoms with van der Waals surface area (Å²) in [5, 5.41) is 7.95. The molecule has 1 aliphatic heterocycles. The van der Waals surface area contributed by atoms with Crippen LogP contribution in [0.4, 0.5) is 10.2 Å². The first-order valence-electron chi connectivity index (χ1n) is 12.6. The summed E-state index contributed by atoms with van der Waals surface area (Å²) < 4.78 is 22.5. The van der Waals surface area contributed by atoms with E-state index in [4.69, 9.17) is 16.3 Å². The summed E-state index contributed by atoms with van der Waals surface area (Å²) in [6.07, 6.45) is 3.54. The van der Waals surface area contributed by atoms with Crippen molar-refractivity contribution >= 4 is 35.7 Å². The fraction of sp³-hybridized carbons (Fsp3) is 0.429. The van der Waals surface area contributed by atoms with Crippen molar-refractivity contribution in [1.82, 2.24) is 14.7 Å². The number of rotatable bonds is 9. The molecule has 0 saturated carbocycles. The molecule has 4 rings (SSSR count). The van der Waals surface area contributed by atoms with Gasteiger partial charge in [0.2, 0.25) is 0 Å². The average Bonchev–Trinajstić information content (AvgIpc) is 3.18. The highest BCUT2D eigenvalue weighted by atomic mass is 35.5. The van der Waals surface area contributed by atoms with Crippen molar-refractivity contribution in [2.75, 3.05) is 25.0 Å². The van der Waals surface area contributed by atoms with Crippen molar-refractivity contribution in [1.29, 1.82) is 0 Å². The molecule has 0 spiro atoms. The van der Waals surface area contributed by atoms with Gasteiger partial charge in [0.25, 0.3) is 5.91 Å². The second-order valence-corrected chi connectivity index (χ2v) is 10.3. The topological polar surface area (TPSA) is 59.4 Å². The summed E-state index contributed by atoms with van der Waals surface area (Å²) in [6.45, 7) is 9.69. The Morgan fingerprint density at radius 2 is 1.84 bits per heavy atom. The summed E-state index contributed by atoms with van der Waals surface area (Å²) in [7, 11) is 0. The molecule has 3 aromatic rings. The van der Waals surface area contributed by atoms with E-state index < -0.39 is 5.91 Å². The minimum Gasteiger partial charge on any atom is -0.493 e. The van der Waals surface area contributed by atoms with Gasteiger partial charge in [-0.15, -0.1) is 12.4 Å². The van der Waals surface area contributed by atoms with E-state index >= 15 is 0 Å². The summed E-state index contributed by atoms with van der Waals surface area (Å²) >= 11 is 6.23. The van der Waals surface area contributed by atoms with Crippen molar-refractivity contribution in [3.63, 3.8) is 0 Å². The number of likely N-dealkylation sites (tertiary alicyclic amines) is 1. The number of hydrogen-bond donors (Lipinski definition) is 1. The molecule has 2 aromatic carbocycles. The molecular formula is C28H35Cl2FN4O2. The van der Waals surface area contributed by atoms with Crippen molar-refractivity contribution in [3.05, 3.63) is 75.7 Å². The number of carbonyl (C=O) groups is 1. The number of hydrogen-bond acceptors (Lipinski definition) is 4. The van der Waals surface area contributed by atoms with Gasteiger partial charge in [0, 0.05) is 40.0 Å². The number of amides is 1. The van der Waals surface area contributed by atoms with Gasteiger partial charge in [0.1, 0.15) is 11.6 Å². The highest BCUT2D eigenvalue weighted by molar-refractivity contribution is 6.30. The molecule has 1 amide bonds. The van der Waals surface area contributed by atoms with E-state index in [0.29, 0.717) is 42.0 Å². The van der Waals surface area contributed by atoms with Crippen LogP contribution in [0.25, 0.3) is 0 Å². The predicted molar refractivity (Wildman–Crippen MR) is 149 cm³/mol. The van der Waals surface area contributed by atoms with Crippen LogP contribution in [0.2, 0.25) is 5.02 Å². The molecule has 0 atom stereocenters. The molecular weight excluding hydrogens is 514 g/mol. The molecule has 200 valence electrons. The van der Waals surface area contributed by atoms with Crippen LogP contribution in [0.3, 0.4) is 0 Å². The van der Waals surface area contributed by atoms with Crippen molar-refractivity contribution in [3.8, 4) is 5.75 Å². The Morgan fingerprint density at radius 1 is 1.08 bits per heavy atom. The first-order chi connectivity index (χ1) is 17.3. The van der Waals surface area contributed by atoms with Crippen LogP contribution in [-0.4, -0.2) is 40.3 Å². The third kappa shape index (κ3) is 7.94. The van der Waals surface area contributed by atoms with Crippen LogP contribution in [0.15, 0.2) is 42.5 Å². The zero-order valence-electron chi connectivity index (χ0n) is 21.6. The molecule has 9 heteroatoms. The Hall–Kier alpha value is -2.61. The lowest BCUT2D eigenvalue weighted by molar-refractivity contribution is 0.102. The zero-order valence-corrected chi connectivity index (χ0v) is 23.2. The van der Waals surface area contributed by atoms with Gasteiger partial charge in [-0.1, -0.05) is 37.9 Å². The molecule has 0 bridgehead atoms. The summed E-state index contributed by atoms with van der Waals surface area (Å²) in [5.41, 5.74) is 2.65. The standard InChI is InChI=1S/C28H34ClFN4O2.ClH/c1-19(2)18-36-26-10-9-24(29)14-23(26)17-34-20(3)13-27(32-34)31-28(35)21-7-8-22(25(30)15-21)16-33-11-5-4-6-12-33;/h7-10,13-15,19H,4-6,11-12,16-18H2,1-3H3,(H,31,32,35);1H. The monoisotopic (exact) mass is 548 g/mol. The van der Waals surface area contributed by atoms with E-state index in [1.54, 1.807) is 28.9 Å². The molecule has 0 unspecified atom stereocenters. The molecule has 1 N–H and O–H groups in total. The highest BCUT2D eigenvalue weighted by Gasteiger charge is 2.16. The largest absolute Gasteiger partial charge is 0.493 e. The average molecular weight is 550 g/mol. The second-order valence-electron chi connectivity index (χ2n) is 9.88. The van der Waals surface area contributed by atoms with Gasteiger partial charge in [-0.05, 0) is 69.1 Å². The lowest BCUT2D eigenvalue weighted by Gasteiger charge is -2.26. The smallest absolute Gasteiger partial charge is 0.256 e. The number of aryl methyl sites for hydroxylation is 1. The van der Waals surface area contributed by atoms with E-state index in [1.807, 2.05) is 19.1 Å². The number of nitrogens with one attached hydrogen (secondary N) is 1. The fourth-order valence-corrected chi connectivity index (χ4v) is 4.52. The van der Waals surface area contributed by atoms with Crippen LogP contribution in [0, 0.1) is 18.7 Å². The number of ether oxygens (including phenoxy) is 1. The van der Waals surface area contributed by atoms with Crippen LogP contribution in [-0.2, 0) is 13.1 Å². The van der Waals surface area contributed by atoms with Crippen molar-refractivity contribution in [2.24, 2.45) is 5.92 Å². The number of nitrogens with zero attached hydrogens (tertiary/aromatic N) is 3. The SMILES string of the molecule is Cc1cc(NC(=O)c2ccc(CN3CCCCC3)c(F)c2)nn1Cc1cc(Cl)ccc1OCC(C)C.Cl. The molecule has 1 aromatic heterocycles. The summed E-state index contributed by atoms with van der Waals surface area (Å²) in [5.74, 6) is 0.803. The van der Waals surface area contributed by atoms with E-state index in [-0.39, 0.29) is 23.8 Å². The molecule has 2 heterocycles. The van der Waals surface area contributed by atoms with Gasteiger partial charge in [-0.3, -0.25) is 14.4 Å². The quantitative estimate of drug-likeness (QED) is 0.322. The molecule has 1 saturated heterocycles. The second kappa shape index (κ2) is 13.3. The molecule has 6 nitrogen and oxygen atoms in total. The fourth-order valence-electron chi connectivity index (χ4n) is 4.33. The van der Waals surface area contributed by atoms with Crippen LogP contribution < -0.4 is 10.1 Å². The van der Waals surface area contributed by atoms with Crippen LogP contribution >= 0.6 is 24.0 Å². The van der Waals surface area contributed by atoms with Crippen molar-refractivity contribution < 1.29 is 13.9 Å². The lowest BCUT2D eigenvalue weighted by atomic mass is 10.1. The molecule has 0 radical (unpaired) electrons. The lowest BCUT2D eigenvalue weighted by Crippen LogP contribution is -2.29. The third-order valence-corrected chi connectivity index (χ3v) is 6.53. The highest BCUT2D eigenvalue weighted by Crippen LogP contribution is 2.25. The van der Waals surface area contributed by atoms with E-state index in [9.17, 15) is 9.18 Å².